The van der Waals surface area contributed by atoms with Crippen molar-refractivity contribution in [3.8, 4) is 0 Å². The molecule has 4 nitrogen and oxygen atoms in total. The Balaban J connectivity index is 0.000000771. The molecule has 4 heteroatoms. The summed E-state index contributed by atoms with van der Waals surface area (Å²) in [7, 11) is 0. The molecule has 2 rings (SSSR count). The average molecular weight is 250 g/mol. The Bertz CT molecular complexity index is 374. The van der Waals surface area contributed by atoms with Gasteiger partial charge in [-0.05, 0) is 24.8 Å². The molecule has 0 radical (unpaired) electrons. The first-order valence-electron chi connectivity index (χ1n) is 6.74. The Morgan fingerprint density at radius 2 is 1.89 bits per heavy atom. The lowest BCUT2D eigenvalue weighted by atomic mass is 10.1. The van der Waals surface area contributed by atoms with E-state index in [1.54, 1.807) is 12.1 Å². The second kappa shape index (κ2) is 7.69. The van der Waals surface area contributed by atoms with Crippen LogP contribution in [0.4, 0.5) is 11.4 Å². The predicted molar refractivity (Wildman–Crippen MR) is 74.9 cm³/mol. The molecule has 0 spiro atoms. The summed E-state index contributed by atoms with van der Waals surface area (Å²) in [6, 6.07) is 6.83. The highest BCUT2D eigenvalue weighted by Crippen LogP contribution is 2.27. The minimum atomic E-state index is -0.336. The largest absolute Gasteiger partial charge is 0.379 e. The third-order valence-corrected chi connectivity index (χ3v) is 3.16. The molecule has 1 aromatic carbocycles. The summed E-state index contributed by atoms with van der Waals surface area (Å²) in [4.78, 5) is 10.4. The molecule has 1 aromatic rings. The van der Waals surface area contributed by atoms with Crippen LogP contribution in [-0.2, 0) is 0 Å². The number of nitrogens with one attached hydrogen (secondary N) is 1. The van der Waals surface area contributed by atoms with E-state index >= 15 is 0 Å². The molecule has 1 aliphatic carbocycles. The van der Waals surface area contributed by atoms with Gasteiger partial charge < -0.3 is 5.32 Å². The summed E-state index contributed by atoms with van der Waals surface area (Å²) in [6.45, 7) is 4.85. The first-order chi connectivity index (χ1) is 8.77. The highest BCUT2D eigenvalue weighted by atomic mass is 16.6. The van der Waals surface area contributed by atoms with Crippen LogP contribution in [0.25, 0.3) is 0 Å². The molecular formula is C14H22N2O2. The normalized spacial score (nSPS) is 14.8. The first kappa shape index (κ1) is 14.5. The van der Waals surface area contributed by atoms with Gasteiger partial charge in [-0.3, -0.25) is 10.1 Å². The second-order valence-electron chi connectivity index (χ2n) is 4.31. The lowest BCUT2D eigenvalue weighted by molar-refractivity contribution is -0.384. The Morgan fingerprint density at radius 1 is 1.28 bits per heavy atom. The third-order valence-electron chi connectivity index (χ3n) is 3.16. The highest BCUT2D eigenvalue weighted by molar-refractivity contribution is 5.61. The zero-order valence-electron chi connectivity index (χ0n) is 11.2. The summed E-state index contributed by atoms with van der Waals surface area (Å²) in [5.74, 6) is 0.680. The van der Waals surface area contributed by atoms with Gasteiger partial charge in [0, 0.05) is 12.6 Å². The number of para-hydroxylation sites is 2. The maximum absolute atomic E-state index is 10.8. The van der Waals surface area contributed by atoms with Gasteiger partial charge in [-0.15, -0.1) is 0 Å². The standard InChI is InChI=1S/C12H16N2O2.C2H6/c15-14(16)12-8-4-3-7-11(12)13-9-10-5-1-2-6-10;1-2/h3-4,7-8,10,13H,1-2,5-6,9H2;1-2H3. The molecule has 100 valence electrons. The lowest BCUT2D eigenvalue weighted by Crippen LogP contribution is -2.11. The smallest absolute Gasteiger partial charge is 0.292 e. The van der Waals surface area contributed by atoms with Crippen LogP contribution in [-0.4, -0.2) is 11.5 Å². The quantitative estimate of drug-likeness (QED) is 0.643. The van der Waals surface area contributed by atoms with E-state index in [0.29, 0.717) is 11.6 Å². The Hall–Kier alpha value is -1.58. The molecule has 1 aliphatic rings. The van der Waals surface area contributed by atoms with Gasteiger partial charge in [0.2, 0.25) is 0 Å². The Morgan fingerprint density at radius 3 is 2.50 bits per heavy atom. The number of nitrogens with zero attached hydrogens (tertiary/aromatic N) is 1. The van der Waals surface area contributed by atoms with Crippen molar-refractivity contribution >= 4 is 11.4 Å². The van der Waals surface area contributed by atoms with E-state index in [2.05, 4.69) is 5.32 Å². The molecule has 1 saturated carbocycles. The Kier molecular flexibility index (Phi) is 6.19. The summed E-state index contributed by atoms with van der Waals surface area (Å²) in [6.07, 6.45) is 5.08. The number of anilines is 1. The van der Waals surface area contributed by atoms with E-state index in [4.69, 9.17) is 0 Å². The molecule has 1 fully saturated rings. The van der Waals surface area contributed by atoms with Crippen molar-refractivity contribution < 1.29 is 4.92 Å². The maximum Gasteiger partial charge on any atom is 0.292 e. The van der Waals surface area contributed by atoms with Crippen LogP contribution in [0.3, 0.4) is 0 Å². The summed E-state index contributed by atoms with van der Waals surface area (Å²) < 4.78 is 0. The van der Waals surface area contributed by atoms with Crippen molar-refractivity contribution in [2.24, 2.45) is 5.92 Å². The van der Waals surface area contributed by atoms with Crippen molar-refractivity contribution in [1.82, 2.24) is 0 Å². The van der Waals surface area contributed by atoms with Gasteiger partial charge in [0.25, 0.3) is 5.69 Å². The summed E-state index contributed by atoms with van der Waals surface area (Å²) >= 11 is 0. The van der Waals surface area contributed by atoms with Crippen molar-refractivity contribution in [2.75, 3.05) is 11.9 Å². The van der Waals surface area contributed by atoms with Crippen LogP contribution in [0.5, 0.6) is 0 Å². The van der Waals surface area contributed by atoms with Gasteiger partial charge >= 0.3 is 0 Å². The van der Waals surface area contributed by atoms with Gasteiger partial charge in [0.1, 0.15) is 5.69 Å². The third kappa shape index (κ3) is 4.02. The average Bonchev–Trinajstić information content (AvgIpc) is 2.92. The van der Waals surface area contributed by atoms with Crippen LogP contribution < -0.4 is 5.32 Å². The molecule has 0 heterocycles. The van der Waals surface area contributed by atoms with E-state index in [0.717, 1.165) is 6.54 Å². The van der Waals surface area contributed by atoms with Gasteiger partial charge in [-0.2, -0.15) is 0 Å². The van der Waals surface area contributed by atoms with Crippen LogP contribution in [0.1, 0.15) is 39.5 Å². The molecule has 0 atom stereocenters. The van der Waals surface area contributed by atoms with Crippen LogP contribution in [0.2, 0.25) is 0 Å². The second-order valence-corrected chi connectivity index (χ2v) is 4.31. The van der Waals surface area contributed by atoms with E-state index < -0.39 is 0 Å². The van der Waals surface area contributed by atoms with Gasteiger partial charge in [0.05, 0.1) is 4.92 Å². The molecular weight excluding hydrogens is 228 g/mol. The minimum absolute atomic E-state index is 0.167. The van der Waals surface area contributed by atoms with Crippen LogP contribution in [0, 0.1) is 16.0 Å². The summed E-state index contributed by atoms with van der Waals surface area (Å²) in [5, 5.41) is 14.0. The maximum atomic E-state index is 10.8. The number of hydrogen-bond donors (Lipinski definition) is 1. The number of hydrogen-bond acceptors (Lipinski definition) is 3. The summed E-state index contributed by atoms with van der Waals surface area (Å²) in [5.41, 5.74) is 0.805. The van der Waals surface area contributed by atoms with Gasteiger partial charge in [0.15, 0.2) is 0 Å². The number of nitro groups is 1. The minimum Gasteiger partial charge on any atom is -0.379 e. The fourth-order valence-electron chi connectivity index (χ4n) is 2.25. The zero-order valence-corrected chi connectivity index (χ0v) is 11.2. The topological polar surface area (TPSA) is 55.2 Å². The van der Waals surface area contributed by atoms with E-state index in [1.807, 2.05) is 19.9 Å². The number of rotatable bonds is 4. The molecule has 18 heavy (non-hydrogen) atoms. The fourth-order valence-corrected chi connectivity index (χ4v) is 2.25. The highest BCUT2D eigenvalue weighted by Gasteiger charge is 2.17. The molecule has 0 unspecified atom stereocenters. The monoisotopic (exact) mass is 250 g/mol. The molecule has 0 amide bonds. The van der Waals surface area contributed by atoms with Gasteiger partial charge in [-0.1, -0.05) is 38.8 Å². The zero-order chi connectivity index (χ0) is 13.4. The molecule has 1 N–H and O–H groups in total. The Labute approximate surface area is 109 Å². The van der Waals surface area contributed by atoms with E-state index in [-0.39, 0.29) is 10.6 Å². The van der Waals surface area contributed by atoms with Crippen molar-refractivity contribution in [3.05, 3.63) is 34.4 Å². The van der Waals surface area contributed by atoms with Crippen LogP contribution in [0.15, 0.2) is 24.3 Å². The van der Waals surface area contributed by atoms with Crippen molar-refractivity contribution in [2.45, 2.75) is 39.5 Å². The van der Waals surface area contributed by atoms with Crippen molar-refractivity contribution in [3.63, 3.8) is 0 Å². The van der Waals surface area contributed by atoms with Gasteiger partial charge in [-0.25, -0.2) is 0 Å². The van der Waals surface area contributed by atoms with E-state index in [9.17, 15) is 10.1 Å². The molecule has 0 bridgehead atoms. The van der Waals surface area contributed by atoms with Crippen LogP contribution >= 0.6 is 0 Å². The van der Waals surface area contributed by atoms with Crippen molar-refractivity contribution in [1.29, 1.82) is 0 Å². The number of benzene rings is 1. The predicted octanol–water partition coefficient (Wildman–Crippen LogP) is 4.22. The lowest BCUT2D eigenvalue weighted by Gasteiger charge is -2.11. The first-order valence-corrected chi connectivity index (χ1v) is 6.74. The SMILES string of the molecule is CC.O=[N+]([O-])c1ccccc1NCC1CCCC1. The van der Waals surface area contributed by atoms with E-state index in [1.165, 1.54) is 31.7 Å². The molecule has 0 saturated heterocycles. The molecule has 0 aromatic heterocycles. The molecule has 0 aliphatic heterocycles. The fraction of sp³-hybridized carbons (Fsp3) is 0.571. The number of nitro benzene ring substituents is 1.